The number of rotatable bonds is 4. The molecule has 0 aliphatic heterocycles. The van der Waals surface area contributed by atoms with Gasteiger partial charge in [-0.2, -0.15) is 5.10 Å². The van der Waals surface area contributed by atoms with Crippen LogP contribution in [0, 0.1) is 17.0 Å². The van der Waals surface area contributed by atoms with Crippen LogP contribution in [-0.4, -0.2) is 19.8 Å². The van der Waals surface area contributed by atoms with Crippen molar-refractivity contribution in [2.24, 2.45) is 0 Å². The molecule has 1 aromatic heterocycles. The SMILES string of the molecule is Cc1nn(C(C)C)c(Oc2ccccc2O)c1[N+](=O)[O-]. The molecule has 0 radical (unpaired) electrons. The number of ether oxygens (including phenoxy) is 1. The van der Waals surface area contributed by atoms with E-state index < -0.39 is 4.92 Å². The van der Waals surface area contributed by atoms with E-state index in [-0.39, 0.29) is 34.8 Å². The zero-order valence-corrected chi connectivity index (χ0v) is 11.4. The summed E-state index contributed by atoms with van der Waals surface area (Å²) in [6, 6.07) is 6.19. The molecule has 1 heterocycles. The molecule has 0 fully saturated rings. The van der Waals surface area contributed by atoms with Crippen LogP contribution in [0.15, 0.2) is 24.3 Å². The predicted octanol–water partition coefficient (Wildman–Crippen LogP) is 3.18. The number of benzene rings is 1. The van der Waals surface area contributed by atoms with Gasteiger partial charge in [-0.05, 0) is 32.9 Å². The number of phenols is 1. The van der Waals surface area contributed by atoms with E-state index >= 15 is 0 Å². The normalized spacial score (nSPS) is 10.8. The van der Waals surface area contributed by atoms with Gasteiger partial charge in [0, 0.05) is 0 Å². The predicted molar refractivity (Wildman–Crippen MR) is 72.2 cm³/mol. The molecule has 0 bridgehead atoms. The fourth-order valence-electron chi connectivity index (χ4n) is 1.82. The van der Waals surface area contributed by atoms with Crippen LogP contribution in [0.4, 0.5) is 5.69 Å². The van der Waals surface area contributed by atoms with E-state index in [0.29, 0.717) is 0 Å². The lowest BCUT2D eigenvalue weighted by Gasteiger charge is -2.11. The number of aryl methyl sites for hydroxylation is 1. The summed E-state index contributed by atoms with van der Waals surface area (Å²) in [5.41, 5.74) is 0.0797. The van der Waals surface area contributed by atoms with Gasteiger partial charge in [-0.3, -0.25) is 10.1 Å². The van der Waals surface area contributed by atoms with Crippen molar-refractivity contribution >= 4 is 5.69 Å². The zero-order chi connectivity index (χ0) is 14.9. The summed E-state index contributed by atoms with van der Waals surface area (Å²) < 4.78 is 6.95. The summed E-state index contributed by atoms with van der Waals surface area (Å²) in [7, 11) is 0. The van der Waals surface area contributed by atoms with Gasteiger partial charge in [0.1, 0.15) is 5.69 Å². The molecule has 0 atom stereocenters. The van der Waals surface area contributed by atoms with Gasteiger partial charge in [0.2, 0.25) is 0 Å². The number of nitro groups is 1. The van der Waals surface area contributed by atoms with Crippen molar-refractivity contribution in [1.29, 1.82) is 0 Å². The highest BCUT2D eigenvalue weighted by Crippen LogP contribution is 2.38. The maximum atomic E-state index is 11.2. The lowest BCUT2D eigenvalue weighted by molar-refractivity contribution is -0.386. The first-order chi connectivity index (χ1) is 9.41. The maximum Gasteiger partial charge on any atom is 0.353 e. The number of hydrogen-bond donors (Lipinski definition) is 1. The van der Waals surface area contributed by atoms with Crippen molar-refractivity contribution in [1.82, 2.24) is 9.78 Å². The Morgan fingerprint density at radius 1 is 1.40 bits per heavy atom. The van der Waals surface area contributed by atoms with E-state index in [9.17, 15) is 15.2 Å². The lowest BCUT2D eigenvalue weighted by atomic mass is 10.3. The second-order valence-electron chi connectivity index (χ2n) is 4.60. The third kappa shape index (κ3) is 2.42. The average molecular weight is 277 g/mol. The lowest BCUT2D eigenvalue weighted by Crippen LogP contribution is -2.05. The number of phenolic OH excluding ortho intramolecular Hbond substituents is 1. The molecule has 7 nitrogen and oxygen atoms in total. The Hall–Kier alpha value is -2.57. The van der Waals surface area contributed by atoms with E-state index in [2.05, 4.69) is 5.10 Å². The summed E-state index contributed by atoms with van der Waals surface area (Å²) in [5, 5.41) is 25.0. The molecule has 2 aromatic rings. The molecular weight excluding hydrogens is 262 g/mol. The minimum Gasteiger partial charge on any atom is -0.504 e. The highest BCUT2D eigenvalue weighted by molar-refractivity contribution is 5.50. The Labute approximate surface area is 115 Å². The summed E-state index contributed by atoms with van der Waals surface area (Å²) in [4.78, 5) is 10.6. The van der Waals surface area contributed by atoms with Crippen LogP contribution >= 0.6 is 0 Å². The molecule has 0 aliphatic rings. The molecule has 0 aliphatic carbocycles. The van der Waals surface area contributed by atoms with Crippen LogP contribution in [0.3, 0.4) is 0 Å². The number of para-hydroxylation sites is 2. The molecule has 0 saturated heterocycles. The van der Waals surface area contributed by atoms with Crippen molar-refractivity contribution in [3.05, 3.63) is 40.1 Å². The summed E-state index contributed by atoms with van der Waals surface area (Å²) >= 11 is 0. The molecule has 20 heavy (non-hydrogen) atoms. The van der Waals surface area contributed by atoms with Gasteiger partial charge in [-0.15, -0.1) is 0 Å². The fraction of sp³-hybridized carbons (Fsp3) is 0.308. The third-order valence-electron chi connectivity index (χ3n) is 2.75. The molecule has 0 spiro atoms. The summed E-state index contributed by atoms with van der Waals surface area (Å²) in [5.74, 6) is 0.0809. The number of nitrogens with zero attached hydrogens (tertiary/aromatic N) is 3. The molecule has 1 N–H and O–H groups in total. The van der Waals surface area contributed by atoms with Gasteiger partial charge in [-0.25, -0.2) is 4.68 Å². The first kappa shape index (κ1) is 13.9. The van der Waals surface area contributed by atoms with E-state index in [0.717, 1.165) is 0 Å². The van der Waals surface area contributed by atoms with Gasteiger partial charge in [0.25, 0.3) is 5.88 Å². The molecule has 0 unspecified atom stereocenters. The Kier molecular flexibility index (Phi) is 3.60. The standard InChI is InChI=1S/C13H15N3O4/c1-8(2)15-13(12(16(18)19)9(3)14-15)20-11-7-5-4-6-10(11)17/h4-8,17H,1-3H3. The molecule has 0 amide bonds. The minimum atomic E-state index is -0.531. The van der Waals surface area contributed by atoms with Crippen molar-refractivity contribution < 1.29 is 14.8 Å². The van der Waals surface area contributed by atoms with Gasteiger partial charge in [-0.1, -0.05) is 12.1 Å². The summed E-state index contributed by atoms with van der Waals surface area (Å²) in [6.07, 6.45) is 0. The molecule has 7 heteroatoms. The van der Waals surface area contributed by atoms with Crippen LogP contribution < -0.4 is 4.74 Å². The largest absolute Gasteiger partial charge is 0.504 e. The Bertz CT molecular complexity index is 649. The highest BCUT2D eigenvalue weighted by Gasteiger charge is 2.29. The van der Waals surface area contributed by atoms with Gasteiger partial charge in [0.15, 0.2) is 11.5 Å². The Morgan fingerprint density at radius 3 is 2.60 bits per heavy atom. The van der Waals surface area contributed by atoms with Crippen LogP contribution in [0.5, 0.6) is 17.4 Å². The molecule has 106 valence electrons. The second-order valence-corrected chi connectivity index (χ2v) is 4.60. The number of aromatic hydroxyl groups is 1. The quantitative estimate of drug-likeness (QED) is 0.684. The Morgan fingerprint density at radius 2 is 2.05 bits per heavy atom. The van der Waals surface area contributed by atoms with E-state index in [1.165, 1.54) is 16.8 Å². The highest BCUT2D eigenvalue weighted by atomic mass is 16.6. The molecule has 2 rings (SSSR count). The van der Waals surface area contributed by atoms with Crippen molar-refractivity contribution in [3.8, 4) is 17.4 Å². The van der Waals surface area contributed by atoms with Crippen LogP contribution in [0.2, 0.25) is 0 Å². The minimum absolute atomic E-state index is 0.0176. The first-order valence-corrected chi connectivity index (χ1v) is 6.11. The second kappa shape index (κ2) is 5.20. The maximum absolute atomic E-state index is 11.2. The van der Waals surface area contributed by atoms with Crippen molar-refractivity contribution in [3.63, 3.8) is 0 Å². The monoisotopic (exact) mass is 277 g/mol. The molecular formula is C13H15N3O4. The van der Waals surface area contributed by atoms with Crippen LogP contribution in [-0.2, 0) is 0 Å². The average Bonchev–Trinajstić information content (AvgIpc) is 2.69. The Balaban J connectivity index is 2.54. The van der Waals surface area contributed by atoms with Crippen molar-refractivity contribution in [2.45, 2.75) is 26.8 Å². The molecule has 1 aromatic carbocycles. The number of hydrogen-bond acceptors (Lipinski definition) is 5. The van der Waals surface area contributed by atoms with E-state index in [1.807, 2.05) is 13.8 Å². The van der Waals surface area contributed by atoms with E-state index in [1.54, 1.807) is 19.1 Å². The van der Waals surface area contributed by atoms with Crippen molar-refractivity contribution in [2.75, 3.05) is 0 Å². The zero-order valence-electron chi connectivity index (χ0n) is 11.4. The molecule has 0 saturated carbocycles. The van der Waals surface area contributed by atoms with E-state index in [4.69, 9.17) is 4.74 Å². The third-order valence-corrected chi connectivity index (χ3v) is 2.75. The number of aromatic nitrogens is 2. The van der Waals surface area contributed by atoms with Gasteiger partial charge >= 0.3 is 5.69 Å². The van der Waals surface area contributed by atoms with Crippen LogP contribution in [0.25, 0.3) is 0 Å². The summed E-state index contributed by atoms with van der Waals surface area (Å²) in [6.45, 7) is 5.23. The smallest absolute Gasteiger partial charge is 0.353 e. The van der Waals surface area contributed by atoms with Crippen LogP contribution in [0.1, 0.15) is 25.6 Å². The van der Waals surface area contributed by atoms with Gasteiger partial charge < -0.3 is 9.84 Å². The fourth-order valence-corrected chi connectivity index (χ4v) is 1.82. The van der Waals surface area contributed by atoms with Gasteiger partial charge in [0.05, 0.1) is 11.0 Å². The first-order valence-electron chi connectivity index (χ1n) is 6.11. The topological polar surface area (TPSA) is 90.4 Å².